The highest BCUT2D eigenvalue weighted by atomic mass is 35.5. The van der Waals surface area contributed by atoms with Crippen molar-refractivity contribution in [2.45, 2.75) is 50.9 Å². The molecule has 2 atom stereocenters. The summed E-state index contributed by atoms with van der Waals surface area (Å²) >= 11 is 6.14. The van der Waals surface area contributed by atoms with Crippen LogP contribution in [0.1, 0.15) is 43.7 Å². The topological polar surface area (TPSA) is 30.5 Å². The average molecular weight is 388 g/mol. The molecular weight excluding hydrogens is 358 g/mol. The largest absolute Gasteiger partial charge is 0.374 e. The van der Waals surface area contributed by atoms with Crippen LogP contribution in [-0.2, 0) is 21.7 Å². The molecule has 0 aliphatic carbocycles. The van der Waals surface area contributed by atoms with E-state index in [2.05, 4.69) is 48.6 Å². The predicted molar refractivity (Wildman–Crippen MR) is 111 cm³/mol. The first-order chi connectivity index (χ1) is 13.2. The van der Waals surface area contributed by atoms with Crippen LogP contribution in [0.5, 0.6) is 0 Å². The van der Waals surface area contributed by atoms with Crippen molar-refractivity contribution in [2.24, 2.45) is 0 Å². The minimum atomic E-state index is -0.460. The van der Waals surface area contributed by atoms with Crippen molar-refractivity contribution in [1.29, 1.82) is 0 Å². The molecule has 2 aromatic carbocycles. The Morgan fingerprint density at radius 2 is 1.85 bits per heavy atom. The molecule has 1 heterocycles. The third-order valence-corrected chi connectivity index (χ3v) is 5.51. The zero-order valence-electron chi connectivity index (χ0n) is 16.1. The van der Waals surface area contributed by atoms with Crippen LogP contribution in [0.25, 0.3) is 0 Å². The van der Waals surface area contributed by atoms with Crippen LogP contribution in [0.3, 0.4) is 0 Å². The molecule has 0 bridgehead atoms. The molecule has 0 spiro atoms. The predicted octanol–water partition coefficient (Wildman–Crippen LogP) is 5.32. The highest BCUT2D eigenvalue weighted by Gasteiger charge is 2.44. The fourth-order valence-corrected chi connectivity index (χ4v) is 3.83. The molecule has 0 unspecified atom stereocenters. The van der Waals surface area contributed by atoms with E-state index in [0.29, 0.717) is 6.61 Å². The van der Waals surface area contributed by atoms with Crippen molar-refractivity contribution in [2.75, 3.05) is 19.7 Å². The molecule has 1 aliphatic heterocycles. The summed E-state index contributed by atoms with van der Waals surface area (Å²) in [6, 6.07) is 18.4. The summed E-state index contributed by atoms with van der Waals surface area (Å²) in [5.41, 5.74) is 1.86. The van der Waals surface area contributed by atoms with Gasteiger partial charge in [-0.3, -0.25) is 0 Å². The highest BCUT2D eigenvalue weighted by molar-refractivity contribution is 6.30. The zero-order valence-corrected chi connectivity index (χ0v) is 16.9. The molecule has 27 heavy (non-hydrogen) atoms. The van der Waals surface area contributed by atoms with E-state index in [1.54, 1.807) is 0 Å². The third kappa shape index (κ3) is 5.32. The molecule has 1 saturated heterocycles. The highest BCUT2D eigenvalue weighted by Crippen LogP contribution is 2.38. The molecule has 1 fully saturated rings. The lowest BCUT2D eigenvalue weighted by atomic mass is 9.82. The van der Waals surface area contributed by atoms with Crippen LogP contribution in [0, 0.1) is 0 Å². The number of unbranched alkanes of at least 4 members (excludes halogenated alkanes) is 2. The maximum absolute atomic E-state index is 6.64. The van der Waals surface area contributed by atoms with Crippen molar-refractivity contribution in [3.05, 3.63) is 70.7 Å². The molecule has 0 saturated carbocycles. The summed E-state index contributed by atoms with van der Waals surface area (Å²) in [5.74, 6) is 0. The van der Waals surface area contributed by atoms with Crippen LogP contribution < -0.4 is 5.32 Å². The van der Waals surface area contributed by atoms with Gasteiger partial charge in [0, 0.05) is 18.2 Å². The summed E-state index contributed by atoms with van der Waals surface area (Å²) in [4.78, 5) is 0. The summed E-state index contributed by atoms with van der Waals surface area (Å²) in [7, 11) is 0. The smallest absolute Gasteiger partial charge is 0.122 e. The maximum Gasteiger partial charge on any atom is 0.122 e. The Kier molecular flexibility index (Phi) is 7.71. The van der Waals surface area contributed by atoms with Crippen molar-refractivity contribution >= 4 is 11.6 Å². The average Bonchev–Trinajstić information content (AvgIpc) is 2.72. The fraction of sp³-hybridized carbons (Fsp3) is 0.478. The van der Waals surface area contributed by atoms with E-state index in [-0.39, 0.29) is 6.10 Å². The van der Waals surface area contributed by atoms with Crippen molar-refractivity contribution in [3.8, 4) is 0 Å². The molecule has 0 amide bonds. The SMILES string of the molecule is CCCCCO[C@H]1CNCC[C@]1(OCc1ccccc1)c1ccc(Cl)cc1. The summed E-state index contributed by atoms with van der Waals surface area (Å²) in [6.45, 7) is 5.25. The number of ether oxygens (including phenoxy) is 2. The second-order valence-corrected chi connectivity index (χ2v) is 7.63. The normalized spacial score (nSPS) is 22.7. The second-order valence-electron chi connectivity index (χ2n) is 7.19. The van der Waals surface area contributed by atoms with Crippen LogP contribution in [0.4, 0.5) is 0 Å². The molecular formula is C23H30ClNO2. The van der Waals surface area contributed by atoms with Gasteiger partial charge in [0.2, 0.25) is 0 Å². The summed E-state index contributed by atoms with van der Waals surface area (Å²) in [6.07, 6.45) is 4.33. The van der Waals surface area contributed by atoms with E-state index in [1.165, 1.54) is 18.4 Å². The van der Waals surface area contributed by atoms with Gasteiger partial charge in [-0.2, -0.15) is 0 Å². The van der Waals surface area contributed by atoms with Gasteiger partial charge < -0.3 is 14.8 Å². The van der Waals surface area contributed by atoms with Crippen LogP contribution in [0.15, 0.2) is 54.6 Å². The minimum absolute atomic E-state index is 0.0204. The Hall–Kier alpha value is -1.39. The van der Waals surface area contributed by atoms with Crippen molar-refractivity contribution in [1.82, 2.24) is 5.32 Å². The number of benzene rings is 2. The summed E-state index contributed by atoms with van der Waals surface area (Å²) in [5, 5.41) is 4.22. The third-order valence-electron chi connectivity index (χ3n) is 5.26. The van der Waals surface area contributed by atoms with Gasteiger partial charge in [0.05, 0.1) is 6.61 Å². The Labute approximate surface area is 168 Å². The van der Waals surface area contributed by atoms with Gasteiger partial charge in [-0.25, -0.2) is 0 Å². The van der Waals surface area contributed by atoms with Crippen molar-refractivity contribution < 1.29 is 9.47 Å². The zero-order chi connectivity index (χ0) is 19.0. The minimum Gasteiger partial charge on any atom is -0.374 e. The van der Waals surface area contributed by atoms with E-state index in [1.807, 2.05) is 18.2 Å². The van der Waals surface area contributed by atoms with E-state index >= 15 is 0 Å². The molecule has 146 valence electrons. The number of rotatable bonds is 9. The number of hydrogen-bond acceptors (Lipinski definition) is 3. The van der Waals surface area contributed by atoms with Gasteiger partial charge in [0.25, 0.3) is 0 Å². The van der Waals surface area contributed by atoms with Gasteiger partial charge >= 0.3 is 0 Å². The number of hydrogen-bond donors (Lipinski definition) is 1. The lowest BCUT2D eigenvalue weighted by Gasteiger charge is -2.44. The lowest BCUT2D eigenvalue weighted by molar-refractivity contribution is -0.173. The Morgan fingerprint density at radius 1 is 1.07 bits per heavy atom. The molecule has 3 rings (SSSR count). The van der Waals surface area contributed by atoms with E-state index < -0.39 is 5.60 Å². The molecule has 0 aromatic heterocycles. The standard InChI is InChI=1S/C23H30ClNO2/c1-2-3-7-16-26-22-17-25-15-14-23(22,20-10-12-21(24)13-11-20)27-18-19-8-5-4-6-9-19/h4-6,8-13,22,25H,2-3,7,14-18H2,1H3/t22-,23-/m0/s1. The Balaban J connectivity index is 1.83. The monoisotopic (exact) mass is 387 g/mol. The van der Waals surface area contributed by atoms with Crippen LogP contribution in [-0.4, -0.2) is 25.8 Å². The number of piperidine rings is 1. The maximum atomic E-state index is 6.64. The molecule has 3 nitrogen and oxygen atoms in total. The molecule has 0 radical (unpaired) electrons. The molecule has 1 aliphatic rings. The second kappa shape index (κ2) is 10.2. The van der Waals surface area contributed by atoms with Crippen molar-refractivity contribution in [3.63, 3.8) is 0 Å². The van der Waals surface area contributed by atoms with Gasteiger partial charge in [0.1, 0.15) is 11.7 Å². The van der Waals surface area contributed by atoms with E-state index in [0.717, 1.165) is 43.1 Å². The number of nitrogens with one attached hydrogen (secondary N) is 1. The lowest BCUT2D eigenvalue weighted by Crippen LogP contribution is -2.54. The van der Waals surface area contributed by atoms with E-state index in [4.69, 9.17) is 21.1 Å². The first-order valence-corrected chi connectivity index (χ1v) is 10.4. The Morgan fingerprint density at radius 3 is 2.59 bits per heavy atom. The van der Waals surface area contributed by atoms with Gasteiger partial charge in [-0.1, -0.05) is 73.8 Å². The first kappa shape index (κ1) is 20.3. The van der Waals surface area contributed by atoms with Gasteiger partial charge in [-0.05, 0) is 42.6 Å². The Bertz CT molecular complexity index is 677. The number of halogens is 1. The van der Waals surface area contributed by atoms with Crippen LogP contribution >= 0.6 is 11.6 Å². The van der Waals surface area contributed by atoms with Gasteiger partial charge in [-0.15, -0.1) is 0 Å². The quantitative estimate of drug-likeness (QED) is 0.590. The van der Waals surface area contributed by atoms with Crippen LogP contribution in [0.2, 0.25) is 5.02 Å². The van der Waals surface area contributed by atoms with Gasteiger partial charge in [0.15, 0.2) is 0 Å². The summed E-state index contributed by atoms with van der Waals surface area (Å²) < 4.78 is 13.0. The molecule has 1 N–H and O–H groups in total. The fourth-order valence-electron chi connectivity index (χ4n) is 3.70. The molecule has 4 heteroatoms. The molecule has 2 aromatic rings. The first-order valence-electron chi connectivity index (χ1n) is 10.0. The van der Waals surface area contributed by atoms with E-state index in [9.17, 15) is 0 Å².